The van der Waals surface area contributed by atoms with Gasteiger partial charge in [-0.05, 0) is 0 Å². The van der Waals surface area contributed by atoms with E-state index < -0.39 is 42.8 Å². The van der Waals surface area contributed by atoms with Crippen LogP contribution in [0.1, 0.15) is 59.3 Å². The van der Waals surface area contributed by atoms with E-state index in [2.05, 4.69) is 20.8 Å². The maximum absolute atomic E-state index is 10.7. The van der Waals surface area contributed by atoms with Gasteiger partial charge in [0.25, 0.3) is 0 Å². The van der Waals surface area contributed by atoms with Gasteiger partial charge in [0, 0.05) is 0 Å². The molecule has 1 rings (SSSR count). The van der Waals surface area contributed by atoms with Crippen LogP contribution in [0.4, 0.5) is 0 Å². The second kappa shape index (κ2) is 11.3. The van der Waals surface area contributed by atoms with E-state index in [1.54, 1.807) is 0 Å². The molecule has 0 unspecified atom stereocenters. The third-order valence-electron chi connectivity index (χ3n) is 5.58. The first-order valence-electron chi connectivity index (χ1n) is 9.77. The molecule has 6 heteroatoms. The summed E-state index contributed by atoms with van der Waals surface area (Å²) in [6, 6.07) is 0. The normalized spacial score (nSPS) is 31.4. The van der Waals surface area contributed by atoms with E-state index in [-0.39, 0.29) is 10.7 Å². The van der Waals surface area contributed by atoms with Crippen LogP contribution in [0.2, 0.25) is 13.3 Å². The number of rotatable bonds is 11. The third-order valence-corrected chi connectivity index (χ3v) is 21.9. The number of aliphatic hydroxyl groups is 4. The Morgan fingerprint density at radius 2 is 1.21 bits per heavy atom. The molecule has 0 bridgehead atoms. The number of hydrogen-bond acceptors (Lipinski definition) is 5. The molecule has 4 N–H and O–H groups in total. The molecule has 0 spiro atoms. The summed E-state index contributed by atoms with van der Waals surface area (Å²) in [5, 5.41) is 40.6. The summed E-state index contributed by atoms with van der Waals surface area (Å²) in [6.07, 6.45) is 2.53. The Morgan fingerprint density at radius 1 is 0.750 bits per heavy atom. The Balaban J connectivity index is 3.11. The molecule has 0 radical (unpaired) electrons. The molecule has 144 valence electrons. The number of unbranched alkanes of at least 4 members (excludes halogenated alkanes) is 3. The predicted octanol–water partition coefficient (Wildman–Crippen LogP) is 2.22. The first-order chi connectivity index (χ1) is 11.5. The van der Waals surface area contributed by atoms with Gasteiger partial charge in [-0.1, -0.05) is 0 Å². The van der Waals surface area contributed by atoms with E-state index >= 15 is 0 Å². The Labute approximate surface area is 151 Å². The van der Waals surface area contributed by atoms with E-state index in [4.69, 9.17) is 4.74 Å². The Kier molecular flexibility index (Phi) is 10.7. The summed E-state index contributed by atoms with van der Waals surface area (Å²) in [7, 11) is 0. The van der Waals surface area contributed by atoms with Crippen LogP contribution in [0.15, 0.2) is 0 Å². The fourth-order valence-corrected chi connectivity index (χ4v) is 21.6. The number of hydrogen-bond donors (Lipinski definition) is 4. The molecule has 0 amide bonds. The van der Waals surface area contributed by atoms with Crippen LogP contribution >= 0.6 is 0 Å². The first-order valence-corrected chi connectivity index (χ1v) is 17.5. The van der Waals surface area contributed by atoms with Crippen molar-refractivity contribution in [3.63, 3.8) is 0 Å². The van der Waals surface area contributed by atoms with Crippen molar-refractivity contribution in [2.24, 2.45) is 0 Å². The van der Waals surface area contributed by atoms with Gasteiger partial charge in [-0.2, -0.15) is 0 Å². The fraction of sp³-hybridized carbons (Fsp3) is 1.00. The van der Waals surface area contributed by atoms with E-state index in [0.717, 1.165) is 51.8 Å². The molecule has 0 aromatic rings. The molecule has 0 saturated carbocycles. The van der Waals surface area contributed by atoms with Crippen molar-refractivity contribution in [3.05, 3.63) is 0 Å². The zero-order valence-electron chi connectivity index (χ0n) is 15.7. The zero-order chi connectivity index (χ0) is 18.2. The molecule has 1 heterocycles. The molecule has 5 nitrogen and oxygen atoms in total. The fourth-order valence-electron chi connectivity index (χ4n) is 4.00. The second-order valence-corrected chi connectivity index (χ2v) is 21.1. The van der Waals surface area contributed by atoms with Gasteiger partial charge in [0.05, 0.1) is 0 Å². The van der Waals surface area contributed by atoms with Crippen LogP contribution < -0.4 is 0 Å². The maximum atomic E-state index is 10.7. The van der Waals surface area contributed by atoms with Gasteiger partial charge in [-0.3, -0.25) is 0 Å². The third kappa shape index (κ3) is 5.55. The van der Waals surface area contributed by atoms with Crippen molar-refractivity contribution >= 4 is 18.4 Å². The summed E-state index contributed by atoms with van der Waals surface area (Å²) in [5.41, 5.74) is 0. The molecule has 0 aliphatic carbocycles. The summed E-state index contributed by atoms with van der Waals surface area (Å²) in [4.78, 5) is 0. The molecule has 1 fully saturated rings. The van der Waals surface area contributed by atoms with Crippen molar-refractivity contribution in [1.82, 2.24) is 0 Å². The average Bonchev–Trinajstić information content (AvgIpc) is 2.60. The monoisotopic (exact) mass is 454 g/mol. The van der Waals surface area contributed by atoms with Gasteiger partial charge < -0.3 is 0 Å². The molecule has 1 saturated heterocycles. The Bertz CT molecular complexity index is 318. The van der Waals surface area contributed by atoms with Crippen molar-refractivity contribution in [1.29, 1.82) is 0 Å². The van der Waals surface area contributed by atoms with Crippen LogP contribution in [-0.4, -0.2) is 73.9 Å². The second-order valence-electron chi connectivity index (χ2n) is 7.42. The van der Waals surface area contributed by atoms with Crippen molar-refractivity contribution in [2.45, 2.75) is 101 Å². The molecule has 0 aromatic carbocycles. The summed E-state index contributed by atoms with van der Waals surface area (Å²) >= 11 is -2.92. The van der Waals surface area contributed by atoms with E-state index in [0.29, 0.717) is 0 Å². The topological polar surface area (TPSA) is 90.2 Å². The van der Waals surface area contributed by atoms with Crippen LogP contribution in [0.5, 0.6) is 0 Å². The van der Waals surface area contributed by atoms with Crippen molar-refractivity contribution in [3.8, 4) is 0 Å². The van der Waals surface area contributed by atoms with Gasteiger partial charge >= 0.3 is 151 Å². The molecule has 5 atom stereocenters. The number of ether oxygens (including phenoxy) is 1. The van der Waals surface area contributed by atoms with Crippen molar-refractivity contribution < 1.29 is 25.2 Å². The molecule has 1 aliphatic heterocycles. The van der Waals surface area contributed by atoms with E-state index in [1.165, 1.54) is 0 Å². The van der Waals surface area contributed by atoms with Gasteiger partial charge in [0.15, 0.2) is 0 Å². The summed E-state index contributed by atoms with van der Waals surface area (Å²) in [5.74, 6) is 0. The summed E-state index contributed by atoms with van der Waals surface area (Å²) in [6.45, 7) is 6.23. The molecular formula is C18H38O5Sn. The van der Waals surface area contributed by atoms with Gasteiger partial charge in [-0.25, -0.2) is 0 Å². The number of aliphatic hydroxyl groups excluding tert-OH is 4. The quantitative estimate of drug-likeness (QED) is 0.361. The van der Waals surface area contributed by atoms with Gasteiger partial charge in [-0.15, -0.1) is 0 Å². The van der Waals surface area contributed by atoms with Crippen LogP contribution in [0.3, 0.4) is 0 Å². The average molecular weight is 453 g/mol. The van der Waals surface area contributed by atoms with Gasteiger partial charge in [0.2, 0.25) is 0 Å². The van der Waals surface area contributed by atoms with Gasteiger partial charge in [0.1, 0.15) is 0 Å². The Morgan fingerprint density at radius 3 is 1.58 bits per heavy atom. The SMILES string of the molecule is CCC[CH2][Sn]([CH2]CCC)([CH2]CCC)[C@@H]1O[C@H](CO)[C@@H](O)[C@H](O)[C@H]1O. The first kappa shape index (κ1) is 22.6. The molecule has 1 aliphatic rings. The van der Waals surface area contributed by atoms with E-state index in [1.807, 2.05) is 0 Å². The van der Waals surface area contributed by atoms with Crippen molar-refractivity contribution in [2.75, 3.05) is 6.61 Å². The summed E-state index contributed by atoms with van der Waals surface area (Å²) < 4.78 is 9.18. The minimum absolute atomic E-state index is 0.321. The van der Waals surface area contributed by atoms with Crippen LogP contribution in [-0.2, 0) is 4.74 Å². The molecule has 0 aromatic heterocycles. The van der Waals surface area contributed by atoms with E-state index in [9.17, 15) is 20.4 Å². The molecular weight excluding hydrogens is 415 g/mol. The zero-order valence-corrected chi connectivity index (χ0v) is 18.5. The predicted molar refractivity (Wildman–Crippen MR) is 98.7 cm³/mol. The van der Waals surface area contributed by atoms with Crippen LogP contribution in [0.25, 0.3) is 0 Å². The Hall–Kier alpha value is 0.599. The molecule has 24 heavy (non-hydrogen) atoms. The minimum atomic E-state index is -2.92. The standard InChI is InChI=1S/C6H11O5.3C4H9.Sn/c7-1-4-6(10)5(9)3(8)2-11-4;3*1-3-4-2;/h2-10H,1H2;3*1,3-4H2,2H3;/t3-,4+,5+,6+;;;;/m0..../s1. The van der Waals surface area contributed by atoms with Crippen LogP contribution in [0, 0.1) is 0 Å².